The monoisotopic (exact) mass is 103 g/mol. The van der Waals surface area contributed by atoms with Crippen LogP contribution in [0.25, 0.3) is 0 Å². The molecule has 0 aliphatic rings. The number of allylic oxidation sites excluding steroid dienone is 2. The fraction of sp³-hybridized carbons (Fsp3) is 0.250. The molecule has 0 rings (SSSR count). The van der Waals surface area contributed by atoms with E-state index in [4.69, 9.17) is 5.21 Å². The molecule has 3 heteroatoms. The van der Waals surface area contributed by atoms with E-state index in [-0.39, 0.29) is 0 Å². The normalized spacial score (nSPS) is 13.1. The van der Waals surface area contributed by atoms with Gasteiger partial charge in [0.2, 0.25) is 0 Å². The summed E-state index contributed by atoms with van der Waals surface area (Å²) in [4.78, 5) is 0. The maximum absolute atomic E-state index is 11.7. The number of nitrogens with zero attached hydrogens (tertiary/aromatic N) is 1. The fourth-order valence-corrected chi connectivity index (χ4v) is 0.130. The lowest BCUT2D eigenvalue weighted by Gasteiger charge is -1.74. The van der Waals surface area contributed by atoms with E-state index < -0.39 is 5.83 Å². The van der Waals surface area contributed by atoms with Crippen molar-refractivity contribution in [3.8, 4) is 0 Å². The lowest BCUT2D eigenvalue weighted by molar-refractivity contribution is 0.320. The molecule has 0 unspecified atom stereocenters. The first-order chi connectivity index (χ1) is 3.31. The molecule has 2 nitrogen and oxygen atoms in total. The summed E-state index contributed by atoms with van der Waals surface area (Å²) < 4.78 is 11.7. The molecule has 0 aliphatic heterocycles. The minimum absolute atomic E-state index is 0.539. The zero-order valence-corrected chi connectivity index (χ0v) is 3.93. The largest absolute Gasteiger partial charge is 0.411 e. The van der Waals surface area contributed by atoms with E-state index in [1.54, 1.807) is 0 Å². The molecular formula is C4H6FNO. The van der Waals surface area contributed by atoms with Crippen molar-refractivity contribution in [2.75, 3.05) is 0 Å². The third kappa shape index (κ3) is 2.96. The predicted octanol–water partition coefficient (Wildman–Crippen LogP) is 1.32. The second kappa shape index (κ2) is 3.33. The molecule has 0 bridgehead atoms. The summed E-state index contributed by atoms with van der Waals surface area (Å²) in [7, 11) is 0. The molecule has 0 aromatic heterocycles. The minimum atomic E-state index is -0.539. The average molecular weight is 103 g/mol. The summed E-state index contributed by atoms with van der Waals surface area (Å²) in [5.74, 6) is -0.539. The third-order valence-corrected chi connectivity index (χ3v) is 0.457. The molecule has 0 aromatic carbocycles. The number of rotatable bonds is 1. The summed E-state index contributed by atoms with van der Waals surface area (Å²) >= 11 is 0. The zero-order valence-electron chi connectivity index (χ0n) is 3.93. The van der Waals surface area contributed by atoms with Gasteiger partial charge in [0.15, 0.2) is 0 Å². The van der Waals surface area contributed by atoms with Crippen molar-refractivity contribution < 1.29 is 9.60 Å². The number of hydrogen-bond acceptors (Lipinski definition) is 2. The summed E-state index contributed by atoms with van der Waals surface area (Å²) in [5, 5.41) is 10.1. The zero-order chi connectivity index (χ0) is 5.70. The van der Waals surface area contributed by atoms with Gasteiger partial charge in [-0.2, -0.15) is 0 Å². The van der Waals surface area contributed by atoms with Gasteiger partial charge in [-0.3, -0.25) is 0 Å². The van der Waals surface area contributed by atoms with Crippen LogP contribution < -0.4 is 0 Å². The lowest BCUT2D eigenvalue weighted by Crippen LogP contribution is -1.70. The van der Waals surface area contributed by atoms with Gasteiger partial charge >= 0.3 is 0 Å². The van der Waals surface area contributed by atoms with Gasteiger partial charge in [-0.25, -0.2) is 4.39 Å². The van der Waals surface area contributed by atoms with Gasteiger partial charge in [0.05, 0.1) is 0 Å². The molecule has 0 aromatic rings. The van der Waals surface area contributed by atoms with Crippen LogP contribution in [-0.4, -0.2) is 11.4 Å². The highest BCUT2D eigenvalue weighted by Gasteiger charge is 1.79. The number of hydrogen-bond donors (Lipinski definition) is 1. The lowest BCUT2D eigenvalue weighted by atomic mass is 10.5. The van der Waals surface area contributed by atoms with Crippen LogP contribution in [0, 0.1) is 0 Å². The summed E-state index contributed by atoms with van der Waals surface area (Å²) in [6.07, 6.45) is 1.92. The quantitative estimate of drug-likeness (QED) is 0.303. The van der Waals surface area contributed by atoms with Crippen molar-refractivity contribution in [1.82, 2.24) is 0 Å². The van der Waals surface area contributed by atoms with Gasteiger partial charge < -0.3 is 5.21 Å². The molecule has 0 amide bonds. The number of oxime groups is 1. The smallest absolute Gasteiger partial charge is 0.140 e. The van der Waals surface area contributed by atoms with Crippen LogP contribution in [0.3, 0.4) is 0 Å². The fourth-order valence-electron chi connectivity index (χ4n) is 0.130. The summed E-state index contributed by atoms with van der Waals surface area (Å²) in [6, 6.07) is 0. The molecular weight excluding hydrogens is 97.0 g/mol. The molecule has 1 N–H and O–H groups in total. The average Bonchev–Trinajstić information content (AvgIpc) is 1.68. The Bertz CT molecular complexity index is 97.9. The van der Waals surface area contributed by atoms with Crippen LogP contribution >= 0.6 is 0 Å². The van der Waals surface area contributed by atoms with Gasteiger partial charge in [0.25, 0.3) is 0 Å². The van der Waals surface area contributed by atoms with Crippen LogP contribution in [0.1, 0.15) is 6.92 Å². The van der Waals surface area contributed by atoms with Crippen molar-refractivity contribution >= 4 is 6.21 Å². The molecule has 0 aliphatic carbocycles. The minimum Gasteiger partial charge on any atom is -0.411 e. The van der Waals surface area contributed by atoms with Crippen LogP contribution in [0.5, 0.6) is 0 Å². The first-order valence-electron chi connectivity index (χ1n) is 1.80. The Balaban J connectivity index is 3.58. The summed E-state index contributed by atoms with van der Waals surface area (Å²) in [5.41, 5.74) is 0. The Morgan fingerprint density at radius 3 is 2.57 bits per heavy atom. The maximum Gasteiger partial charge on any atom is 0.140 e. The van der Waals surface area contributed by atoms with Gasteiger partial charge in [-0.1, -0.05) is 11.2 Å². The Kier molecular flexibility index (Phi) is 2.92. The molecule has 0 radical (unpaired) electrons. The van der Waals surface area contributed by atoms with Crippen molar-refractivity contribution in [2.24, 2.45) is 5.16 Å². The predicted molar refractivity (Wildman–Crippen MR) is 25.1 cm³/mol. The van der Waals surface area contributed by atoms with E-state index in [0.717, 1.165) is 6.21 Å². The molecule has 40 valence electrons. The van der Waals surface area contributed by atoms with Crippen LogP contribution in [0.4, 0.5) is 4.39 Å². The Hall–Kier alpha value is -0.860. The van der Waals surface area contributed by atoms with Gasteiger partial charge in [0.1, 0.15) is 12.0 Å². The number of halogens is 1. The summed E-state index contributed by atoms with van der Waals surface area (Å²) in [6.45, 7) is 1.51. The van der Waals surface area contributed by atoms with Crippen molar-refractivity contribution in [3.05, 3.63) is 11.9 Å². The third-order valence-electron chi connectivity index (χ3n) is 0.457. The Morgan fingerprint density at radius 2 is 2.43 bits per heavy atom. The van der Waals surface area contributed by atoms with Crippen LogP contribution in [-0.2, 0) is 0 Å². The van der Waals surface area contributed by atoms with E-state index >= 15 is 0 Å². The molecule has 0 atom stereocenters. The second-order valence-electron chi connectivity index (χ2n) is 0.918. The van der Waals surface area contributed by atoms with E-state index in [1.165, 1.54) is 13.0 Å². The van der Waals surface area contributed by atoms with E-state index in [0.29, 0.717) is 0 Å². The van der Waals surface area contributed by atoms with E-state index in [1.807, 2.05) is 0 Å². The molecule has 0 fully saturated rings. The maximum atomic E-state index is 11.7. The van der Waals surface area contributed by atoms with Crippen LogP contribution in [0.15, 0.2) is 17.1 Å². The van der Waals surface area contributed by atoms with Crippen molar-refractivity contribution in [2.45, 2.75) is 6.92 Å². The van der Waals surface area contributed by atoms with Gasteiger partial charge in [-0.05, 0) is 6.92 Å². The van der Waals surface area contributed by atoms with Gasteiger partial charge in [-0.15, -0.1) is 0 Å². The SMILES string of the molecule is C/C=C(F)\C=N\O. The van der Waals surface area contributed by atoms with Crippen LogP contribution in [0.2, 0.25) is 0 Å². The topological polar surface area (TPSA) is 32.6 Å². The molecule has 7 heavy (non-hydrogen) atoms. The van der Waals surface area contributed by atoms with E-state index in [2.05, 4.69) is 5.16 Å². The first-order valence-corrected chi connectivity index (χ1v) is 1.80. The Labute approximate surface area is 41.0 Å². The van der Waals surface area contributed by atoms with Crippen molar-refractivity contribution in [3.63, 3.8) is 0 Å². The highest BCUT2D eigenvalue weighted by Crippen LogP contribution is 1.87. The highest BCUT2D eigenvalue weighted by molar-refractivity contribution is 5.74. The first kappa shape index (κ1) is 6.14. The second-order valence-corrected chi connectivity index (χ2v) is 0.918. The molecule has 0 spiro atoms. The Morgan fingerprint density at radius 1 is 1.86 bits per heavy atom. The molecule has 0 saturated carbocycles. The standard InChI is InChI=1S/C4H6FNO/c1-2-4(5)3-6-7/h2-3,7H,1H3/b4-2+,6-3+. The van der Waals surface area contributed by atoms with Gasteiger partial charge in [0, 0.05) is 0 Å². The van der Waals surface area contributed by atoms with Crippen molar-refractivity contribution in [1.29, 1.82) is 0 Å². The van der Waals surface area contributed by atoms with E-state index in [9.17, 15) is 4.39 Å². The highest BCUT2D eigenvalue weighted by atomic mass is 19.1. The molecule has 0 saturated heterocycles. The molecule has 0 heterocycles.